The molecule has 184 valence electrons. The van der Waals surface area contributed by atoms with Crippen LogP contribution in [0.2, 0.25) is 0 Å². The molecule has 0 aliphatic heterocycles. The second kappa shape index (κ2) is 9.01. The normalized spacial score (nSPS) is 32.3. The van der Waals surface area contributed by atoms with Crippen LogP contribution in [0.25, 0.3) is 0 Å². The Balaban J connectivity index is 1.22. The van der Waals surface area contributed by atoms with Gasteiger partial charge in [-0.2, -0.15) is 0 Å². The summed E-state index contributed by atoms with van der Waals surface area (Å²) >= 11 is 0. The summed E-state index contributed by atoms with van der Waals surface area (Å²) in [5.74, 6) is 0.254. The quantitative estimate of drug-likeness (QED) is 0.608. The number of imide groups is 1. The van der Waals surface area contributed by atoms with Gasteiger partial charge in [-0.1, -0.05) is 37.5 Å². The maximum atomic E-state index is 13.4. The van der Waals surface area contributed by atoms with Gasteiger partial charge in [0.2, 0.25) is 0 Å². The zero-order valence-electron chi connectivity index (χ0n) is 20.6. The molecule has 1 aromatic rings. The fraction of sp³-hybridized carbons (Fsp3) is 0.679. The molecular formula is C28H38N2O4. The molecule has 1 aromatic carbocycles. The molecule has 5 saturated carbocycles. The van der Waals surface area contributed by atoms with Crippen LogP contribution in [0.15, 0.2) is 18.2 Å². The zero-order chi connectivity index (χ0) is 23.9. The second-order valence-corrected chi connectivity index (χ2v) is 11.8. The number of urea groups is 1. The fourth-order valence-corrected chi connectivity index (χ4v) is 7.83. The number of carbonyl (C=O) groups is 3. The summed E-state index contributed by atoms with van der Waals surface area (Å²) in [7, 11) is 0. The first kappa shape index (κ1) is 23.4. The van der Waals surface area contributed by atoms with Crippen LogP contribution in [-0.2, 0) is 19.7 Å². The summed E-state index contributed by atoms with van der Waals surface area (Å²) < 4.78 is 5.57. The molecule has 5 aliphatic rings. The summed E-state index contributed by atoms with van der Waals surface area (Å²) in [6.07, 6.45) is 11.3. The third kappa shape index (κ3) is 4.48. The molecule has 2 atom stereocenters. The minimum atomic E-state index is -0.560. The molecular weight excluding hydrogens is 428 g/mol. The monoisotopic (exact) mass is 466 g/mol. The van der Waals surface area contributed by atoms with E-state index in [1.54, 1.807) is 0 Å². The number of amides is 3. The first-order valence-corrected chi connectivity index (χ1v) is 13.1. The largest absolute Gasteiger partial charge is 0.455 e. The number of ether oxygens (including phenoxy) is 1. The van der Waals surface area contributed by atoms with Gasteiger partial charge in [0.15, 0.2) is 6.61 Å². The first-order chi connectivity index (χ1) is 16.3. The lowest BCUT2D eigenvalue weighted by Crippen LogP contribution is -2.57. The van der Waals surface area contributed by atoms with Crippen LogP contribution >= 0.6 is 0 Å². The number of rotatable bonds is 5. The van der Waals surface area contributed by atoms with Crippen LogP contribution in [-0.4, -0.2) is 30.6 Å². The molecule has 0 radical (unpaired) electrons. The van der Waals surface area contributed by atoms with Crippen molar-refractivity contribution in [1.29, 1.82) is 0 Å². The van der Waals surface area contributed by atoms with E-state index in [4.69, 9.17) is 4.74 Å². The topological polar surface area (TPSA) is 84.5 Å². The first-order valence-electron chi connectivity index (χ1n) is 13.1. The lowest BCUT2D eigenvalue weighted by Gasteiger charge is -2.61. The lowest BCUT2D eigenvalue weighted by atomic mass is 9.43. The summed E-state index contributed by atoms with van der Waals surface area (Å²) in [6, 6.07) is 6.41. The zero-order valence-corrected chi connectivity index (χ0v) is 20.6. The Morgan fingerprint density at radius 2 is 1.68 bits per heavy atom. The summed E-state index contributed by atoms with van der Waals surface area (Å²) in [6.45, 7) is 3.90. The molecule has 0 aromatic heterocycles. The molecule has 5 fully saturated rings. The molecule has 2 unspecified atom stereocenters. The van der Waals surface area contributed by atoms with E-state index in [1.807, 2.05) is 0 Å². The number of carbonyl (C=O) groups excluding carboxylic acids is 3. The maximum absolute atomic E-state index is 13.4. The van der Waals surface area contributed by atoms with Crippen molar-refractivity contribution >= 4 is 17.9 Å². The van der Waals surface area contributed by atoms with Crippen molar-refractivity contribution in [2.75, 3.05) is 6.61 Å². The minimum absolute atomic E-state index is 0.0315. The predicted octanol–water partition coefficient (Wildman–Crippen LogP) is 4.84. The van der Waals surface area contributed by atoms with Gasteiger partial charge < -0.3 is 10.1 Å². The van der Waals surface area contributed by atoms with Crippen LogP contribution < -0.4 is 10.6 Å². The van der Waals surface area contributed by atoms with Crippen molar-refractivity contribution in [3.8, 4) is 0 Å². The average Bonchev–Trinajstić information content (AvgIpc) is 2.79. The molecule has 2 N–H and O–H groups in total. The van der Waals surface area contributed by atoms with Crippen molar-refractivity contribution in [2.45, 2.75) is 95.9 Å². The Bertz CT molecular complexity index is 967. The van der Waals surface area contributed by atoms with Crippen molar-refractivity contribution in [3.05, 3.63) is 34.9 Å². The van der Waals surface area contributed by atoms with Crippen molar-refractivity contribution < 1.29 is 19.1 Å². The highest BCUT2D eigenvalue weighted by molar-refractivity contribution is 5.95. The van der Waals surface area contributed by atoms with E-state index < -0.39 is 24.0 Å². The van der Waals surface area contributed by atoms with Crippen LogP contribution in [0.5, 0.6) is 0 Å². The van der Waals surface area contributed by atoms with E-state index in [0.717, 1.165) is 57.8 Å². The van der Waals surface area contributed by atoms with Gasteiger partial charge in [-0.3, -0.25) is 14.9 Å². The molecule has 4 bridgehead atoms. The van der Waals surface area contributed by atoms with Crippen molar-refractivity contribution in [1.82, 2.24) is 10.6 Å². The molecule has 6 heteroatoms. The van der Waals surface area contributed by atoms with Gasteiger partial charge in [-0.15, -0.1) is 0 Å². The Morgan fingerprint density at radius 3 is 2.35 bits per heavy atom. The van der Waals surface area contributed by atoms with Crippen LogP contribution in [0.3, 0.4) is 0 Å². The van der Waals surface area contributed by atoms with E-state index in [-0.39, 0.29) is 17.4 Å². The second-order valence-electron chi connectivity index (χ2n) is 11.8. The predicted molar refractivity (Wildman–Crippen MR) is 129 cm³/mol. The van der Waals surface area contributed by atoms with Gasteiger partial charge in [-0.05, 0) is 99.2 Å². The van der Waals surface area contributed by atoms with Crippen molar-refractivity contribution in [2.24, 2.45) is 17.3 Å². The molecule has 6 rings (SSSR count). The molecule has 34 heavy (non-hydrogen) atoms. The number of aryl methyl sites for hydroxylation is 2. The summed E-state index contributed by atoms with van der Waals surface area (Å²) in [4.78, 5) is 37.9. The standard InChI is InChI=1S/C28H38N2O4/c1-18-8-9-22(10-19(18)2)27-12-20-11-21(13-27)15-28(14-20,17-27)25(32)34-16-24(31)30-26(33)29-23-6-4-3-5-7-23/h8-10,20-21,23H,3-7,11-17H2,1-2H3,(H2,29,30,31,33). The number of hydrogen-bond donors (Lipinski definition) is 2. The van der Waals surface area contributed by atoms with Crippen LogP contribution in [0, 0.1) is 31.1 Å². The number of benzene rings is 1. The van der Waals surface area contributed by atoms with E-state index in [2.05, 4.69) is 42.7 Å². The van der Waals surface area contributed by atoms with E-state index in [0.29, 0.717) is 11.8 Å². The SMILES string of the molecule is Cc1ccc(C23CC4CC(CC(C(=O)OCC(=O)NC(=O)NC5CCCCC5)(C4)C2)C3)cc1C. The highest BCUT2D eigenvalue weighted by Crippen LogP contribution is 2.66. The van der Waals surface area contributed by atoms with E-state index in [1.165, 1.54) is 29.5 Å². The molecule has 0 heterocycles. The number of esters is 1. The van der Waals surface area contributed by atoms with Gasteiger partial charge in [-0.25, -0.2) is 4.79 Å². The van der Waals surface area contributed by atoms with E-state index >= 15 is 0 Å². The van der Waals surface area contributed by atoms with Gasteiger partial charge >= 0.3 is 12.0 Å². The molecule has 0 saturated heterocycles. The van der Waals surface area contributed by atoms with Crippen LogP contribution in [0.1, 0.15) is 87.3 Å². The van der Waals surface area contributed by atoms with E-state index in [9.17, 15) is 14.4 Å². The van der Waals surface area contributed by atoms with Crippen LogP contribution in [0.4, 0.5) is 4.79 Å². The van der Waals surface area contributed by atoms with Crippen molar-refractivity contribution in [3.63, 3.8) is 0 Å². The Kier molecular flexibility index (Phi) is 6.19. The Morgan fingerprint density at radius 1 is 0.971 bits per heavy atom. The number of hydrogen-bond acceptors (Lipinski definition) is 4. The lowest BCUT2D eigenvalue weighted by molar-refractivity contribution is -0.175. The average molecular weight is 467 g/mol. The molecule has 3 amide bonds. The highest BCUT2D eigenvalue weighted by atomic mass is 16.5. The minimum Gasteiger partial charge on any atom is -0.455 e. The third-order valence-electron chi connectivity index (χ3n) is 9.14. The third-order valence-corrected chi connectivity index (χ3v) is 9.14. The van der Waals surface area contributed by atoms with Gasteiger partial charge in [0.05, 0.1) is 5.41 Å². The Hall–Kier alpha value is -2.37. The highest BCUT2D eigenvalue weighted by Gasteiger charge is 2.61. The van der Waals surface area contributed by atoms with Gasteiger partial charge in [0, 0.05) is 6.04 Å². The van der Waals surface area contributed by atoms with Gasteiger partial charge in [0.1, 0.15) is 0 Å². The van der Waals surface area contributed by atoms with Gasteiger partial charge in [0.25, 0.3) is 5.91 Å². The molecule has 5 aliphatic carbocycles. The summed E-state index contributed by atoms with van der Waals surface area (Å²) in [5, 5.41) is 5.20. The fourth-order valence-electron chi connectivity index (χ4n) is 7.83. The Labute approximate surface area is 202 Å². The molecule has 0 spiro atoms. The summed E-state index contributed by atoms with van der Waals surface area (Å²) in [5.41, 5.74) is 3.48. The number of nitrogens with one attached hydrogen (secondary N) is 2. The smallest absolute Gasteiger partial charge is 0.321 e. The maximum Gasteiger partial charge on any atom is 0.321 e. The molecule has 6 nitrogen and oxygen atoms in total.